The summed E-state index contributed by atoms with van der Waals surface area (Å²) < 4.78 is 0. The molecule has 0 aliphatic rings. The quantitative estimate of drug-likeness (QED) is 0.806. The zero-order valence-electron chi connectivity index (χ0n) is 10.6. The molecule has 0 spiro atoms. The van der Waals surface area contributed by atoms with Crippen LogP contribution in [0.3, 0.4) is 0 Å². The maximum absolute atomic E-state index is 9.23. The average Bonchev–Trinajstić information content (AvgIpc) is 2.46. The second-order valence-electron chi connectivity index (χ2n) is 4.30. The lowest BCUT2D eigenvalue weighted by atomic mass is 9.93. The van der Waals surface area contributed by atoms with Crippen LogP contribution in [0, 0.1) is 29.6 Å². The number of nitrogens with zero attached hydrogens (tertiary/aromatic N) is 2. The van der Waals surface area contributed by atoms with Gasteiger partial charge >= 0.3 is 0 Å². The van der Waals surface area contributed by atoms with Gasteiger partial charge in [-0.1, -0.05) is 48.5 Å². The Kier molecular flexibility index (Phi) is 3.46. The van der Waals surface area contributed by atoms with Crippen molar-refractivity contribution in [3.63, 3.8) is 0 Å². The van der Waals surface area contributed by atoms with E-state index in [0.29, 0.717) is 16.7 Å². The number of hydrogen-bond acceptors (Lipinski definition) is 2. The summed E-state index contributed by atoms with van der Waals surface area (Å²) >= 11 is 0. The maximum atomic E-state index is 9.23. The molecular weight excluding hydrogens is 232 g/mol. The van der Waals surface area contributed by atoms with Gasteiger partial charge in [-0.05, 0) is 24.1 Å². The maximum Gasteiger partial charge on any atom is 0.101 e. The van der Waals surface area contributed by atoms with E-state index in [9.17, 15) is 5.26 Å². The van der Waals surface area contributed by atoms with E-state index >= 15 is 0 Å². The van der Waals surface area contributed by atoms with Crippen molar-refractivity contribution in [2.45, 2.75) is 6.92 Å². The minimum atomic E-state index is 0.383. The molecular formula is C17H12N2. The molecule has 2 aromatic rings. The fourth-order valence-corrected chi connectivity index (χ4v) is 1.93. The van der Waals surface area contributed by atoms with Gasteiger partial charge in [0, 0.05) is 5.56 Å². The molecule has 2 aromatic carbocycles. The molecule has 0 unspecified atom stereocenters. The van der Waals surface area contributed by atoms with Gasteiger partial charge in [0.2, 0.25) is 0 Å². The molecule has 0 heterocycles. The lowest BCUT2D eigenvalue weighted by Gasteiger charge is -2.09. The van der Waals surface area contributed by atoms with Crippen LogP contribution in [0.15, 0.2) is 49.0 Å². The van der Waals surface area contributed by atoms with E-state index in [1.165, 1.54) is 5.56 Å². The van der Waals surface area contributed by atoms with Crippen molar-refractivity contribution in [2.24, 2.45) is 0 Å². The lowest BCUT2D eigenvalue weighted by molar-refractivity contribution is 1.40. The summed E-state index contributed by atoms with van der Waals surface area (Å²) in [6.07, 6.45) is 0. The molecule has 90 valence electrons. The summed E-state index contributed by atoms with van der Waals surface area (Å²) in [7, 11) is 0. The van der Waals surface area contributed by atoms with Crippen molar-refractivity contribution in [2.75, 3.05) is 0 Å². The van der Waals surface area contributed by atoms with Crippen molar-refractivity contribution < 1.29 is 0 Å². The zero-order chi connectivity index (χ0) is 13.8. The molecule has 0 amide bonds. The van der Waals surface area contributed by atoms with Crippen LogP contribution >= 0.6 is 0 Å². The van der Waals surface area contributed by atoms with Gasteiger partial charge in [0.25, 0.3) is 0 Å². The van der Waals surface area contributed by atoms with Gasteiger partial charge in [0.1, 0.15) is 12.1 Å². The SMILES string of the molecule is C=C(c1ccc(C)cc1)c1cccc(C#N)c1C#N. The van der Waals surface area contributed by atoms with Gasteiger partial charge in [0.05, 0.1) is 11.1 Å². The predicted molar refractivity (Wildman–Crippen MR) is 75.2 cm³/mol. The topological polar surface area (TPSA) is 47.6 Å². The Labute approximate surface area is 112 Å². The first-order valence-electron chi connectivity index (χ1n) is 5.87. The summed E-state index contributed by atoms with van der Waals surface area (Å²) in [5.74, 6) is 0. The normalized spacial score (nSPS) is 9.42. The average molecular weight is 244 g/mol. The van der Waals surface area contributed by atoms with Gasteiger partial charge in [-0.3, -0.25) is 0 Å². The Bertz CT molecular complexity index is 710. The third-order valence-electron chi connectivity index (χ3n) is 3.02. The van der Waals surface area contributed by atoms with Crippen LogP contribution in [0.1, 0.15) is 27.8 Å². The molecule has 2 nitrogen and oxygen atoms in total. The highest BCUT2D eigenvalue weighted by atomic mass is 14.3. The largest absolute Gasteiger partial charge is 0.192 e. The summed E-state index contributed by atoms with van der Waals surface area (Å²) in [6.45, 7) is 6.07. The van der Waals surface area contributed by atoms with Crippen LogP contribution in [0.4, 0.5) is 0 Å². The Balaban J connectivity index is 2.54. The Morgan fingerprint density at radius 2 is 1.68 bits per heavy atom. The van der Waals surface area contributed by atoms with Gasteiger partial charge in [-0.15, -0.1) is 0 Å². The van der Waals surface area contributed by atoms with Crippen molar-refractivity contribution in [1.82, 2.24) is 0 Å². The van der Waals surface area contributed by atoms with Crippen LogP contribution in [-0.2, 0) is 0 Å². The Morgan fingerprint density at radius 3 is 2.26 bits per heavy atom. The molecule has 2 heteroatoms. The summed E-state index contributed by atoms with van der Waals surface area (Å²) in [6, 6.07) is 17.3. The van der Waals surface area contributed by atoms with E-state index in [1.807, 2.05) is 43.3 Å². The van der Waals surface area contributed by atoms with Crippen LogP contribution in [0.2, 0.25) is 0 Å². The number of aryl methyl sites for hydroxylation is 1. The Morgan fingerprint density at radius 1 is 1.00 bits per heavy atom. The molecule has 0 aromatic heterocycles. The minimum Gasteiger partial charge on any atom is -0.192 e. The third-order valence-corrected chi connectivity index (χ3v) is 3.02. The first kappa shape index (κ1) is 12.6. The number of rotatable bonds is 2. The van der Waals surface area contributed by atoms with E-state index in [0.717, 1.165) is 11.1 Å². The molecule has 0 aliphatic carbocycles. The zero-order valence-corrected chi connectivity index (χ0v) is 10.6. The van der Waals surface area contributed by atoms with E-state index < -0.39 is 0 Å². The fourth-order valence-electron chi connectivity index (χ4n) is 1.93. The second-order valence-corrected chi connectivity index (χ2v) is 4.30. The molecule has 0 fully saturated rings. The van der Waals surface area contributed by atoms with Crippen LogP contribution in [0.25, 0.3) is 5.57 Å². The molecule has 0 atom stereocenters. The molecule has 0 saturated carbocycles. The van der Waals surface area contributed by atoms with Gasteiger partial charge in [-0.2, -0.15) is 10.5 Å². The number of hydrogen-bond donors (Lipinski definition) is 0. The van der Waals surface area contributed by atoms with Crippen LogP contribution < -0.4 is 0 Å². The number of benzene rings is 2. The molecule has 0 N–H and O–H groups in total. The highest BCUT2D eigenvalue weighted by molar-refractivity contribution is 5.82. The van der Waals surface area contributed by atoms with E-state index in [1.54, 1.807) is 12.1 Å². The van der Waals surface area contributed by atoms with E-state index in [2.05, 4.69) is 12.6 Å². The molecule has 0 saturated heterocycles. The lowest BCUT2D eigenvalue weighted by Crippen LogP contribution is -1.94. The predicted octanol–water partition coefficient (Wildman–Crippen LogP) is 3.80. The molecule has 0 radical (unpaired) electrons. The molecule has 0 aliphatic heterocycles. The molecule has 19 heavy (non-hydrogen) atoms. The van der Waals surface area contributed by atoms with Gasteiger partial charge in [-0.25, -0.2) is 0 Å². The standard InChI is InChI=1S/C17H12N2/c1-12-6-8-14(9-7-12)13(2)16-5-3-4-15(10-18)17(16)11-19/h3-9H,2H2,1H3. The van der Waals surface area contributed by atoms with Crippen LogP contribution in [0.5, 0.6) is 0 Å². The first-order chi connectivity index (χ1) is 9.17. The monoisotopic (exact) mass is 244 g/mol. The summed E-state index contributed by atoms with van der Waals surface area (Å²) in [5.41, 5.74) is 4.36. The van der Waals surface area contributed by atoms with Gasteiger partial charge in [0.15, 0.2) is 0 Å². The highest BCUT2D eigenvalue weighted by Gasteiger charge is 2.11. The Hall–Kier alpha value is -2.84. The van der Waals surface area contributed by atoms with E-state index in [-0.39, 0.29) is 0 Å². The van der Waals surface area contributed by atoms with Gasteiger partial charge < -0.3 is 0 Å². The summed E-state index contributed by atoms with van der Waals surface area (Å²) in [5, 5.41) is 18.3. The first-order valence-corrected chi connectivity index (χ1v) is 5.87. The van der Waals surface area contributed by atoms with Crippen molar-refractivity contribution in [1.29, 1.82) is 10.5 Å². The smallest absolute Gasteiger partial charge is 0.101 e. The fraction of sp³-hybridized carbons (Fsp3) is 0.0588. The molecule has 2 rings (SSSR count). The van der Waals surface area contributed by atoms with Crippen molar-refractivity contribution >= 4 is 5.57 Å². The second kappa shape index (κ2) is 5.21. The molecule has 0 bridgehead atoms. The van der Waals surface area contributed by atoms with Crippen molar-refractivity contribution in [3.05, 3.63) is 76.9 Å². The third kappa shape index (κ3) is 2.39. The van der Waals surface area contributed by atoms with Crippen LogP contribution in [-0.4, -0.2) is 0 Å². The summed E-state index contributed by atoms with van der Waals surface area (Å²) in [4.78, 5) is 0. The number of nitriles is 2. The van der Waals surface area contributed by atoms with Crippen molar-refractivity contribution in [3.8, 4) is 12.1 Å². The van der Waals surface area contributed by atoms with E-state index in [4.69, 9.17) is 5.26 Å². The highest BCUT2D eigenvalue weighted by Crippen LogP contribution is 2.26. The minimum absolute atomic E-state index is 0.383.